The minimum atomic E-state index is 0.0754. The molecule has 2 aromatic carbocycles. The third kappa shape index (κ3) is 3.89. The van der Waals surface area contributed by atoms with E-state index in [1.165, 1.54) is 0 Å². The molecule has 106 valence electrons. The molecule has 0 saturated heterocycles. The van der Waals surface area contributed by atoms with Gasteiger partial charge in [-0.25, -0.2) is 0 Å². The summed E-state index contributed by atoms with van der Waals surface area (Å²) in [6.07, 6.45) is 0.915. The molecule has 2 nitrogen and oxygen atoms in total. The summed E-state index contributed by atoms with van der Waals surface area (Å²) < 4.78 is 5.71. The van der Waals surface area contributed by atoms with Crippen molar-refractivity contribution in [3.8, 4) is 5.75 Å². The van der Waals surface area contributed by atoms with Gasteiger partial charge in [-0.15, -0.1) is 0 Å². The Hall–Kier alpha value is -1.22. The second-order valence-corrected chi connectivity index (χ2v) is 5.45. The van der Waals surface area contributed by atoms with Gasteiger partial charge in [-0.2, -0.15) is 0 Å². The Balaban J connectivity index is 2.02. The van der Waals surface area contributed by atoms with Crippen molar-refractivity contribution in [3.05, 3.63) is 63.6 Å². The standard InChI is InChI=1S/C16H17Cl2NO/c1-2-16(19)11-3-6-14(7-4-11)20-10-12-9-13(17)5-8-15(12)18/h3-9,16H,2,10,19H2,1H3/t16-/m1/s1. The van der Waals surface area contributed by atoms with Gasteiger partial charge in [0, 0.05) is 21.7 Å². The van der Waals surface area contributed by atoms with Crippen molar-refractivity contribution in [1.82, 2.24) is 0 Å². The van der Waals surface area contributed by atoms with Gasteiger partial charge in [-0.3, -0.25) is 0 Å². The molecule has 2 rings (SSSR count). The average Bonchev–Trinajstić information content (AvgIpc) is 2.48. The largest absolute Gasteiger partial charge is 0.489 e. The van der Waals surface area contributed by atoms with E-state index in [9.17, 15) is 0 Å². The van der Waals surface area contributed by atoms with Gasteiger partial charge in [0.2, 0.25) is 0 Å². The highest BCUT2D eigenvalue weighted by molar-refractivity contribution is 6.33. The van der Waals surface area contributed by atoms with E-state index < -0.39 is 0 Å². The number of nitrogens with two attached hydrogens (primary N) is 1. The zero-order chi connectivity index (χ0) is 14.5. The van der Waals surface area contributed by atoms with Gasteiger partial charge >= 0.3 is 0 Å². The van der Waals surface area contributed by atoms with Gasteiger partial charge in [-0.1, -0.05) is 42.3 Å². The maximum Gasteiger partial charge on any atom is 0.119 e. The predicted octanol–water partition coefficient (Wildman–Crippen LogP) is 4.98. The molecular formula is C16H17Cl2NO. The third-order valence-corrected chi connectivity index (χ3v) is 3.75. The highest BCUT2D eigenvalue weighted by atomic mass is 35.5. The summed E-state index contributed by atoms with van der Waals surface area (Å²) in [5.41, 5.74) is 7.95. The summed E-state index contributed by atoms with van der Waals surface area (Å²) in [7, 11) is 0. The second-order valence-electron chi connectivity index (χ2n) is 4.61. The Labute approximate surface area is 129 Å². The van der Waals surface area contributed by atoms with Crippen LogP contribution in [0.2, 0.25) is 10.0 Å². The van der Waals surface area contributed by atoms with Crippen LogP contribution in [-0.4, -0.2) is 0 Å². The molecule has 0 bridgehead atoms. The quantitative estimate of drug-likeness (QED) is 0.845. The van der Waals surface area contributed by atoms with Gasteiger partial charge < -0.3 is 10.5 Å². The van der Waals surface area contributed by atoms with E-state index in [4.69, 9.17) is 33.7 Å². The van der Waals surface area contributed by atoms with Crippen LogP contribution in [0.1, 0.15) is 30.5 Å². The number of ether oxygens (including phenoxy) is 1. The minimum Gasteiger partial charge on any atom is -0.489 e. The van der Waals surface area contributed by atoms with Crippen LogP contribution in [-0.2, 0) is 6.61 Å². The van der Waals surface area contributed by atoms with Gasteiger partial charge in [0.25, 0.3) is 0 Å². The molecule has 0 heterocycles. The molecular weight excluding hydrogens is 293 g/mol. The van der Waals surface area contributed by atoms with Crippen LogP contribution in [0.15, 0.2) is 42.5 Å². The zero-order valence-corrected chi connectivity index (χ0v) is 12.8. The molecule has 0 unspecified atom stereocenters. The SMILES string of the molecule is CC[C@@H](N)c1ccc(OCc2cc(Cl)ccc2Cl)cc1. The first-order valence-electron chi connectivity index (χ1n) is 6.52. The summed E-state index contributed by atoms with van der Waals surface area (Å²) in [5, 5.41) is 1.30. The zero-order valence-electron chi connectivity index (χ0n) is 11.3. The number of hydrogen-bond donors (Lipinski definition) is 1. The molecule has 2 aromatic rings. The van der Waals surface area contributed by atoms with Crippen LogP contribution in [0, 0.1) is 0 Å². The molecule has 0 aliphatic rings. The van der Waals surface area contributed by atoms with E-state index in [2.05, 4.69) is 6.92 Å². The van der Waals surface area contributed by atoms with E-state index in [0.717, 1.165) is 23.3 Å². The van der Waals surface area contributed by atoms with Crippen molar-refractivity contribution in [2.75, 3.05) is 0 Å². The summed E-state index contributed by atoms with van der Waals surface area (Å²) in [6.45, 7) is 2.45. The fraction of sp³-hybridized carbons (Fsp3) is 0.250. The van der Waals surface area contributed by atoms with E-state index in [1.54, 1.807) is 12.1 Å². The molecule has 0 amide bonds. The van der Waals surface area contributed by atoms with Gasteiger partial charge in [0.15, 0.2) is 0 Å². The molecule has 20 heavy (non-hydrogen) atoms. The van der Waals surface area contributed by atoms with E-state index in [-0.39, 0.29) is 6.04 Å². The molecule has 1 atom stereocenters. The Morgan fingerprint density at radius 2 is 1.80 bits per heavy atom. The molecule has 4 heteroatoms. The maximum atomic E-state index is 6.09. The van der Waals surface area contributed by atoms with Gasteiger partial charge in [0.1, 0.15) is 12.4 Å². The lowest BCUT2D eigenvalue weighted by molar-refractivity contribution is 0.306. The third-order valence-electron chi connectivity index (χ3n) is 3.15. The molecule has 0 spiro atoms. The lowest BCUT2D eigenvalue weighted by atomic mass is 10.1. The van der Waals surface area contributed by atoms with E-state index in [1.807, 2.05) is 30.3 Å². The first kappa shape index (κ1) is 15.2. The van der Waals surface area contributed by atoms with Crippen molar-refractivity contribution in [2.45, 2.75) is 26.0 Å². The lowest BCUT2D eigenvalue weighted by Gasteiger charge is -2.11. The molecule has 0 fully saturated rings. The van der Waals surface area contributed by atoms with Crippen LogP contribution in [0.5, 0.6) is 5.75 Å². The smallest absolute Gasteiger partial charge is 0.119 e. The van der Waals surface area contributed by atoms with Crippen LogP contribution in [0.3, 0.4) is 0 Å². The monoisotopic (exact) mass is 309 g/mol. The fourth-order valence-electron chi connectivity index (χ4n) is 1.86. The minimum absolute atomic E-state index is 0.0754. The molecule has 0 saturated carbocycles. The molecule has 2 N–H and O–H groups in total. The fourth-order valence-corrected chi connectivity index (χ4v) is 2.23. The van der Waals surface area contributed by atoms with E-state index >= 15 is 0 Å². The Kier molecular flexibility index (Phi) is 5.30. The first-order chi connectivity index (χ1) is 9.60. The van der Waals surface area contributed by atoms with Gasteiger partial charge in [0.05, 0.1) is 0 Å². The normalized spacial score (nSPS) is 12.2. The number of halogens is 2. The average molecular weight is 310 g/mol. The van der Waals surface area contributed by atoms with Crippen molar-refractivity contribution in [3.63, 3.8) is 0 Å². The van der Waals surface area contributed by atoms with Crippen LogP contribution >= 0.6 is 23.2 Å². The van der Waals surface area contributed by atoms with Crippen molar-refractivity contribution >= 4 is 23.2 Å². The van der Waals surface area contributed by atoms with Crippen molar-refractivity contribution in [1.29, 1.82) is 0 Å². The topological polar surface area (TPSA) is 35.2 Å². The highest BCUT2D eigenvalue weighted by Crippen LogP contribution is 2.23. The Morgan fingerprint density at radius 1 is 1.10 bits per heavy atom. The summed E-state index contributed by atoms with van der Waals surface area (Å²) in [6, 6.07) is 13.2. The van der Waals surface area contributed by atoms with Crippen molar-refractivity contribution < 1.29 is 4.74 Å². The van der Waals surface area contributed by atoms with Gasteiger partial charge in [-0.05, 0) is 42.3 Å². The lowest BCUT2D eigenvalue weighted by Crippen LogP contribution is -2.08. The molecule has 0 radical (unpaired) electrons. The number of benzene rings is 2. The maximum absolute atomic E-state index is 6.09. The molecule has 0 aliphatic carbocycles. The Bertz CT molecular complexity index is 569. The Morgan fingerprint density at radius 3 is 2.45 bits per heavy atom. The summed E-state index contributed by atoms with van der Waals surface area (Å²) in [5.74, 6) is 0.785. The molecule has 0 aromatic heterocycles. The van der Waals surface area contributed by atoms with Crippen LogP contribution in [0.4, 0.5) is 0 Å². The molecule has 0 aliphatic heterocycles. The van der Waals surface area contributed by atoms with Crippen LogP contribution < -0.4 is 10.5 Å². The summed E-state index contributed by atoms with van der Waals surface area (Å²) >= 11 is 12.0. The van der Waals surface area contributed by atoms with Crippen LogP contribution in [0.25, 0.3) is 0 Å². The number of hydrogen-bond acceptors (Lipinski definition) is 2. The predicted molar refractivity (Wildman–Crippen MR) is 84.5 cm³/mol. The highest BCUT2D eigenvalue weighted by Gasteiger charge is 2.05. The summed E-state index contributed by atoms with van der Waals surface area (Å²) in [4.78, 5) is 0. The van der Waals surface area contributed by atoms with Crippen molar-refractivity contribution in [2.24, 2.45) is 5.73 Å². The first-order valence-corrected chi connectivity index (χ1v) is 7.28. The number of rotatable bonds is 5. The second kappa shape index (κ2) is 6.98. The van der Waals surface area contributed by atoms with E-state index in [0.29, 0.717) is 16.7 Å².